The smallest absolute Gasteiger partial charge is 0.339 e. The number of anilines is 1. The summed E-state index contributed by atoms with van der Waals surface area (Å²) in [6, 6.07) is 0.530. The van der Waals surface area contributed by atoms with E-state index in [4.69, 9.17) is 5.11 Å². The second-order valence-corrected chi connectivity index (χ2v) is 5.25. The molecule has 0 aromatic carbocycles. The Morgan fingerprint density at radius 1 is 1.56 bits per heavy atom. The highest BCUT2D eigenvalue weighted by molar-refractivity contribution is 5.88. The lowest BCUT2D eigenvalue weighted by Gasteiger charge is -2.24. The maximum Gasteiger partial charge on any atom is 0.339 e. The van der Waals surface area contributed by atoms with E-state index in [0.29, 0.717) is 23.6 Å². The van der Waals surface area contributed by atoms with Crippen LogP contribution in [0.15, 0.2) is 6.20 Å². The molecule has 1 aromatic rings. The molecule has 5 nitrogen and oxygen atoms in total. The predicted octanol–water partition coefficient (Wildman–Crippen LogP) is 2.11. The Bertz CT molecular complexity index is 456. The molecule has 0 bridgehead atoms. The fraction of sp³-hybridized carbons (Fsp3) is 0.615. The summed E-state index contributed by atoms with van der Waals surface area (Å²) in [5, 5.41) is 8.97. The van der Waals surface area contributed by atoms with Crippen molar-refractivity contribution in [2.75, 3.05) is 11.4 Å². The predicted molar refractivity (Wildman–Crippen MR) is 68.9 cm³/mol. The summed E-state index contributed by atoms with van der Waals surface area (Å²) in [4.78, 5) is 21.7. The molecule has 1 aliphatic carbocycles. The summed E-state index contributed by atoms with van der Waals surface area (Å²) in [6.07, 6.45) is 3.77. The number of rotatable bonds is 5. The average Bonchev–Trinajstić information content (AvgIpc) is 3.08. The van der Waals surface area contributed by atoms with Crippen LogP contribution in [-0.2, 0) is 0 Å². The molecular formula is C13H19N3O2. The molecule has 1 heterocycles. The molecule has 0 radical (unpaired) electrons. The number of aromatic nitrogens is 2. The summed E-state index contributed by atoms with van der Waals surface area (Å²) in [6.45, 7) is 6.95. The molecule has 0 spiro atoms. The van der Waals surface area contributed by atoms with Crippen molar-refractivity contribution in [3.8, 4) is 0 Å². The Kier molecular flexibility index (Phi) is 3.50. The number of carboxylic acid groups (broad SMARTS) is 1. The number of carbonyl (C=O) groups is 1. The Morgan fingerprint density at radius 3 is 2.67 bits per heavy atom. The molecule has 0 amide bonds. The van der Waals surface area contributed by atoms with Gasteiger partial charge in [-0.25, -0.2) is 14.8 Å². The van der Waals surface area contributed by atoms with Crippen LogP contribution in [0, 0.1) is 12.8 Å². The van der Waals surface area contributed by atoms with Crippen molar-refractivity contribution in [2.24, 2.45) is 5.92 Å². The largest absolute Gasteiger partial charge is 0.478 e. The van der Waals surface area contributed by atoms with Gasteiger partial charge in [-0.15, -0.1) is 0 Å². The lowest BCUT2D eigenvalue weighted by molar-refractivity contribution is 0.0695. The highest BCUT2D eigenvalue weighted by Gasteiger charge is 2.31. The van der Waals surface area contributed by atoms with E-state index in [1.165, 1.54) is 19.0 Å². The quantitative estimate of drug-likeness (QED) is 0.865. The van der Waals surface area contributed by atoms with Gasteiger partial charge in [-0.05, 0) is 25.7 Å². The summed E-state index contributed by atoms with van der Waals surface area (Å²) in [5.41, 5.74) is 0.709. The van der Waals surface area contributed by atoms with E-state index < -0.39 is 5.97 Å². The SMILES string of the molecule is Cc1nc(N(CC(C)C)C2CC2)ncc1C(=O)O. The van der Waals surface area contributed by atoms with E-state index in [2.05, 4.69) is 28.7 Å². The van der Waals surface area contributed by atoms with Crippen LogP contribution in [0.2, 0.25) is 0 Å². The first kappa shape index (κ1) is 12.8. The molecule has 1 saturated carbocycles. The number of aromatic carboxylic acids is 1. The third kappa shape index (κ3) is 2.78. The van der Waals surface area contributed by atoms with Crippen LogP contribution in [-0.4, -0.2) is 33.6 Å². The zero-order valence-electron chi connectivity index (χ0n) is 11.1. The molecule has 1 N–H and O–H groups in total. The summed E-state index contributed by atoms with van der Waals surface area (Å²) < 4.78 is 0. The van der Waals surface area contributed by atoms with Crippen LogP contribution in [0.3, 0.4) is 0 Å². The van der Waals surface area contributed by atoms with Crippen LogP contribution in [0.25, 0.3) is 0 Å². The molecule has 1 aromatic heterocycles. The molecule has 1 aliphatic rings. The Balaban J connectivity index is 2.25. The Hall–Kier alpha value is -1.65. The van der Waals surface area contributed by atoms with Gasteiger partial charge in [-0.2, -0.15) is 0 Å². The highest BCUT2D eigenvalue weighted by Crippen LogP contribution is 2.30. The Morgan fingerprint density at radius 2 is 2.22 bits per heavy atom. The van der Waals surface area contributed by atoms with Gasteiger partial charge < -0.3 is 10.0 Å². The molecule has 0 atom stereocenters. The van der Waals surface area contributed by atoms with Crippen molar-refractivity contribution in [2.45, 2.75) is 39.7 Å². The van der Waals surface area contributed by atoms with E-state index in [0.717, 1.165) is 6.54 Å². The first-order valence-corrected chi connectivity index (χ1v) is 6.32. The molecular weight excluding hydrogens is 230 g/mol. The van der Waals surface area contributed by atoms with Crippen molar-refractivity contribution in [1.29, 1.82) is 0 Å². The summed E-state index contributed by atoms with van der Waals surface area (Å²) in [5.74, 6) is 0.225. The van der Waals surface area contributed by atoms with E-state index in [1.807, 2.05) is 0 Å². The van der Waals surface area contributed by atoms with Crippen molar-refractivity contribution in [3.63, 3.8) is 0 Å². The van der Waals surface area contributed by atoms with Gasteiger partial charge in [-0.3, -0.25) is 0 Å². The summed E-state index contributed by atoms with van der Waals surface area (Å²) >= 11 is 0. The van der Waals surface area contributed by atoms with Crippen LogP contribution >= 0.6 is 0 Å². The average molecular weight is 249 g/mol. The molecule has 98 valence electrons. The van der Waals surface area contributed by atoms with Gasteiger partial charge in [0.15, 0.2) is 0 Å². The molecule has 1 fully saturated rings. The third-order valence-electron chi connectivity index (χ3n) is 3.00. The van der Waals surface area contributed by atoms with Crippen molar-refractivity contribution >= 4 is 11.9 Å². The minimum absolute atomic E-state index is 0.180. The molecule has 0 unspecified atom stereocenters. The fourth-order valence-corrected chi connectivity index (χ4v) is 1.98. The van der Waals surface area contributed by atoms with E-state index >= 15 is 0 Å². The lowest BCUT2D eigenvalue weighted by atomic mass is 10.2. The normalized spacial score (nSPS) is 14.9. The van der Waals surface area contributed by atoms with Gasteiger partial charge in [-0.1, -0.05) is 13.8 Å². The van der Waals surface area contributed by atoms with Crippen molar-refractivity contribution in [3.05, 3.63) is 17.5 Å². The first-order chi connectivity index (χ1) is 8.49. The fourth-order valence-electron chi connectivity index (χ4n) is 1.98. The number of carboxylic acids is 1. The van der Waals surface area contributed by atoms with E-state index in [-0.39, 0.29) is 5.56 Å². The van der Waals surface area contributed by atoms with Crippen molar-refractivity contribution in [1.82, 2.24) is 9.97 Å². The number of nitrogens with zero attached hydrogens (tertiary/aromatic N) is 3. The molecule has 0 saturated heterocycles. The van der Waals surface area contributed by atoms with Gasteiger partial charge >= 0.3 is 5.97 Å². The Labute approximate surface area is 107 Å². The minimum Gasteiger partial charge on any atom is -0.478 e. The van der Waals surface area contributed by atoms with Crippen LogP contribution in [0.4, 0.5) is 5.95 Å². The first-order valence-electron chi connectivity index (χ1n) is 6.32. The maximum absolute atomic E-state index is 10.9. The molecule has 0 aliphatic heterocycles. The van der Waals surface area contributed by atoms with Gasteiger partial charge in [0, 0.05) is 18.8 Å². The van der Waals surface area contributed by atoms with Crippen LogP contribution < -0.4 is 4.90 Å². The zero-order chi connectivity index (χ0) is 13.3. The third-order valence-corrected chi connectivity index (χ3v) is 3.00. The highest BCUT2D eigenvalue weighted by atomic mass is 16.4. The topological polar surface area (TPSA) is 66.3 Å². The van der Waals surface area contributed by atoms with Crippen LogP contribution in [0.1, 0.15) is 42.7 Å². The monoisotopic (exact) mass is 249 g/mol. The van der Waals surface area contributed by atoms with E-state index in [9.17, 15) is 4.79 Å². The van der Waals surface area contributed by atoms with Crippen LogP contribution in [0.5, 0.6) is 0 Å². The van der Waals surface area contributed by atoms with Gasteiger partial charge in [0.25, 0.3) is 0 Å². The molecule has 2 rings (SSSR count). The van der Waals surface area contributed by atoms with Gasteiger partial charge in [0.1, 0.15) is 0 Å². The zero-order valence-corrected chi connectivity index (χ0v) is 11.1. The van der Waals surface area contributed by atoms with Gasteiger partial charge in [0.2, 0.25) is 5.95 Å². The summed E-state index contributed by atoms with van der Waals surface area (Å²) in [7, 11) is 0. The lowest BCUT2D eigenvalue weighted by Crippen LogP contribution is -2.31. The minimum atomic E-state index is -0.971. The number of hydrogen-bond donors (Lipinski definition) is 1. The number of hydrogen-bond acceptors (Lipinski definition) is 4. The second-order valence-electron chi connectivity index (χ2n) is 5.25. The second kappa shape index (κ2) is 4.92. The number of aryl methyl sites for hydroxylation is 1. The molecule has 18 heavy (non-hydrogen) atoms. The van der Waals surface area contributed by atoms with Crippen molar-refractivity contribution < 1.29 is 9.90 Å². The molecule has 5 heteroatoms. The van der Waals surface area contributed by atoms with Gasteiger partial charge in [0.05, 0.1) is 11.3 Å². The van der Waals surface area contributed by atoms with E-state index in [1.54, 1.807) is 6.92 Å². The maximum atomic E-state index is 10.9. The standard InChI is InChI=1S/C13H19N3O2/c1-8(2)7-16(10-4-5-10)13-14-6-11(12(17)18)9(3)15-13/h6,8,10H,4-5,7H2,1-3H3,(H,17,18).